The van der Waals surface area contributed by atoms with Gasteiger partial charge in [0.15, 0.2) is 0 Å². The summed E-state index contributed by atoms with van der Waals surface area (Å²) in [6.07, 6.45) is 7.17. The molecule has 1 aromatic heterocycles. The van der Waals surface area contributed by atoms with Crippen molar-refractivity contribution in [3.63, 3.8) is 0 Å². The third-order valence-electron chi connectivity index (χ3n) is 3.99. The van der Waals surface area contributed by atoms with E-state index in [0.29, 0.717) is 17.4 Å². The number of sulfonamides is 1. The molecule has 1 heterocycles. The molecule has 0 bridgehead atoms. The Labute approximate surface area is 132 Å². The van der Waals surface area contributed by atoms with Crippen LogP contribution in [0.5, 0.6) is 0 Å². The Bertz CT molecular complexity index is 520. The Kier molecular flexibility index (Phi) is 6.67. The van der Waals surface area contributed by atoms with Gasteiger partial charge in [-0.15, -0.1) is 11.3 Å². The van der Waals surface area contributed by atoms with Gasteiger partial charge in [0, 0.05) is 23.3 Å². The van der Waals surface area contributed by atoms with Crippen molar-refractivity contribution in [3.05, 3.63) is 16.3 Å². The van der Waals surface area contributed by atoms with Crippen LogP contribution in [0.3, 0.4) is 0 Å². The molecule has 1 saturated carbocycles. The summed E-state index contributed by atoms with van der Waals surface area (Å²) in [5.74, 6) is 0.712. The van der Waals surface area contributed by atoms with Gasteiger partial charge in [0.25, 0.3) is 0 Å². The van der Waals surface area contributed by atoms with Crippen LogP contribution in [0, 0.1) is 5.92 Å². The fourth-order valence-electron chi connectivity index (χ4n) is 2.76. The summed E-state index contributed by atoms with van der Waals surface area (Å²) in [7, 11) is -3.33. The molecule has 1 fully saturated rings. The van der Waals surface area contributed by atoms with Gasteiger partial charge in [0.1, 0.15) is 0 Å². The van der Waals surface area contributed by atoms with Gasteiger partial charge in [0.05, 0.1) is 4.90 Å². The SMILES string of the molecule is CCCNCc1cc(S(=O)(=O)NCCC2CCCC2)cs1. The lowest BCUT2D eigenvalue weighted by Crippen LogP contribution is -2.25. The molecule has 21 heavy (non-hydrogen) atoms. The Morgan fingerprint density at radius 2 is 2.05 bits per heavy atom. The van der Waals surface area contributed by atoms with Crippen molar-refractivity contribution in [3.8, 4) is 0 Å². The standard InChI is InChI=1S/C15H26N2O2S2/c1-2-8-16-11-14-10-15(12-20-14)21(18,19)17-9-7-13-5-3-4-6-13/h10,12-13,16-17H,2-9,11H2,1H3. The minimum absolute atomic E-state index is 0.409. The highest BCUT2D eigenvalue weighted by Crippen LogP contribution is 2.27. The maximum atomic E-state index is 12.2. The first kappa shape index (κ1) is 16.9. The molecule has 0 aromatic carbocycles. The van der Waals surface area contributed by atoms with E-state index < -0.39 is 10.0 Å². The summed E-state index contributed by atoms with van der Waals surface area (Å²) >= 11 is 1.50. The third-order valence-corrected chi connectivity index (χ3v) is 6.51. The highest BCUT2D eigenvalue weighted by atomic mass is 32.2. The molecule has 1 aliphatic carbocycles. The van der Waals surface area contributed by atoms with Crippen molar-refractivity contribution in [2.24, 2.45) is 5.92 Å². The first-order valence-electron chi connectivity index (χ1n) is 7.89. The number of hydrogen-bond donors (Lipinski definition) is 2. The third kappa shape index (κ3) is 5.36. The van der Waals surface area contributed by atoms with Crippen molar-refractivity contribution < 1.29 is 8.42 Å². The molecule has 1 aromatic rings. The average Bonchev–Trinajstić information content (AvgIpc) is 3.10. The molecular weight excluding hydrogens is 304 g/mol. The van der Waals surface area contributed by atoms with Crippen LogP contribution in [0.15, 0.2) is 16.3 Å². The molecule has 0 aliphatic heterocycles. The van der Waals surface area contributed by atoms with Crippen LogP contribution in [-0.2, 0) is 16.6 Å². The van der Waals surface area contributed by atoms with Crippen LogP contribution in [0.2, 0.25) is 0 Å². The van der Waals surface area contributed by atoms with Gasteiger partial charge in [0.2, 0.25) is 10.0 Å². The van der Waals surface area contributed by atoms with E-state index in [1.807, 2.05) is 0 Å². The lowest BCUT2D eigenvalue weighted by atomic mass is 10.1. The summed E-state index contributed by atoms with van der Waals surface area (Å²) in [5.41, 5.74) is 0. The van der Waals surface area contributed by atoms with Gasteiger partial charge < -0.3 is 5.32 Å². The Hall–Kier alpha value is -0.430. The first-order valence-corrected chi connectivity index (χ1v) is 10.3. The van der Waals surface area contributed by atoms with Crippen molar-refractivity contribution in [2.45, 2.75) is 56.9 Å². The molecule has 6 heteroatoms. The van der Waals surface area contributed by atoms with Crippen molar-refractivity contribution in [2.75, 3.05) is 13.1 Å². The summed E-state index contributed by atoms with van der Waals surface area (Å²) in [6.45, 7) is 4.38. The number of hydrogen-bond acceptors (Lipinski definition) is 4. The van der Waals surface area contributed by atoms with Crippen LogP contribution in [0.1, 0.15) is 50.3 Å². The normalized spacial score (nSPS) is 16.6. The molecule has 0 amide bonds. The molecule has 1 aliphatic rings. The summed E-state index contributed by atoms with van der Waals surface area (Å²) in [6, 6.07) is 1.78. The van der Waals surface area contributed by atoms with Gasteiger partial charge in [-0.25, -0.2) is 13.1 Å². The van der Waals surface area contributed by atoms with Crippen molar-refractivity contribution in [1.82, 2.24) is 10.0 Å². The van der Waals surface area contributed by atoms with Crippen LogP contribution in [-0.4, -0.2) is 21.5 Å². The van der Waals surface area contributed by atoms with Crippen LogP contribution >= 0.6 is 11.3 Å². The molecule has 120 valence electrons. The molecule has 2 N–H and O–H groups in total. The predicted octanol–water partition coefficient (Wildman–Crippen LogP) is 3.11. The van der Waals surface area contributed by atoms with E-state index in [2.05, 4.69) is 17.0 Å². The van der Waals surface area contributed by atoms with Crippen molar-refractivity contribution >= 4 is 21.4 Å². The van der Waals surface area contributed by atoms with Gasteiger partial charge in [-0.05, 0) is 31.4 Å². The van der Waals surface area contributed by atoms with Gasteiger partial charge in [-0.1, -0.05) is 32.6 Å². The highest BCUT2D eigenvalue weighted by Gasteiger charge is 2.18. The van der Waals surface area contributed by atoms with Gasteiger partial charge >= 0.3 is 0 Å². The molecule has 2 rings (SSSR count). The maximum Gasteiger partial charge on any atom is 0.241 e. The molecule has 0 atom stereocenters. The zero-order valence-electron chi connectivity index (χ0n) is 12.7. The zero-order valence-corrected chi connectivity index (χ0v) is 14.4. The second-order valence-corrected chi connectivity index (χ2v) is 8.53. The Balaban J connectivity index is 1.80. The number of nitrogens with one attached hydrogen (secondary N) is 2. The van der Waals surface area contributed by atoms with E-state index >= 15 is 0 Å². The fraction of sp³-hybridized carbons (Fsp3) is 0.733. The van der Waals surface area contributed by atoms with Gasteiger partial charge in [-0.3, -0.25) is 0 Å². The summed E-state index contributed by atoms with van der Waals surface area (Å²) in [5, 5.41) is 5.03. The largest absolute Gasteiger partial charge is 0.312 e. The van der Waals surface area contributed by atoms with E-state index in [1.54, 1.807) is 11.4 Å². The summed E-state index contributed by atoms with van der Waals surface area (Å²) < 4.78 is 27.2. The fourth-order valence-corrected chi connectivity index (χ4v) is 5.05. The number of rotatable bonds is 9. The van der Waals surface area contributed by atoms with Crippen molar-refractivity contribution in [1.29, 1.82) is 0 Å². The molecule has 4 nitrogen and oxygen atoms in total. The summed E-state index contributed by atoms with van der Waals surface area (Å²) in [4.78, 5) is 1.48. The molecular formula is C15H26N2O2S2. The van der Waals surface area contributed by atoms with E-state index in [4.69, 9.17) is 0 Å². The molecule has 0 spiro atoms. The van der Waals surface area contributed by atoms with Crippen LogP contribution in [0.4, 0.5) is 0 Å². The minimum atomic E-state index is -3.33. The van der Waals surface area contributed by atoms with Gasteiger partial charge in [-0.2, -0.15) is 0 Å². The molecule has 0 saturated heterocycles. The molecule has 0 radical (unpaired) electrons. The van der Waals surface area contributed by atoms with Crippen LogP contribution in [0.25, 0.3) is 0 Å². The monoisotopic (exact) mass is 330 g/mol. The molecule has 0 unspecified atom stereocenters. The first-order chi connectivity index (χ1) is 10.1. The lowest BCUT2D eigenvalue weighted by molar-refractivity contribution is 0.496. The Morgan fingerprint density at radius 3 is 2.76 bits per heavy atom. The maximum absolute atomic E-state index is 12.2. The number of thiophene rings is 1. The highest BCUT2D eigenvalue weighted by molar-refractivity contribution is 7.89. The second-order valence-electron chi connectivity index (χ2n) is 5.76. The Morgan fingerprint density at radius 1 is 1.29 bits per heavy atom. The van der Waals surface area contributed by atoms with E-state index in [1.165, 1.54) is 37.0 Å². The van der Waals surface area contributed by atoms with E-state index in [9.17, 15) is 8.42 Å². The van der Waals surface area contributed by atoms with E-state index in [0.717, 1.165) is 30.8 Å². The topological polar surface area (TPSA) is 58.2 Å². The predicted molar refractivity (Wildman–Crippen MR) is 88.1 cm³/mol. The lowest BCUT2D eigenvalue weighted by Gasteiger charge is -2.09. The minimum Gasteiger partial charge on any atom is -0.312 e. The average molecular weight is 331 g/mol. The van der Waals surface area contributed by atoms with Crippen LogP contribution < -0.4 is 10.0 Å². The quantitative estimate of drug-likeness (QED) is 0.684. The smallest absolute Gasteiger partial charge is 0.241 e. The van der Waals surface area contributed by atoms with E-state index in [-0.39, 0.29) is 0 Å². The second kappa shape index (κ2) is 8.27. The zero-order chi connectivity index (χ0) is 15.1.